The van der Waals surface area contributed by atoms with Gasteiger partial charge in [-0.15, -0.1) is 0 Å². The molecule has 2 amide bonds. The minimum absolute atomic E-state index is 0.0597. The summed E-state index contributed by atoms with van der Waals surface area (Å²) in [4.78, 5) is 27.6. The quantitative estimate of drug-likeness (QED) is 0.485. The van der Waals surface area contributed by atoms with Gasteiger partial charge in [0, 0.05) is 25.0 Å². The maximum Gasteiger partial charge on any atom is 0.331 e. The first kappa shape index (κ1) is 20.3. The molecule has 6 rings (SSSR count). The number of nitrogens with one attached hydrogen (secondary N) is 1. The maximum absolute atomic E-state index is 13.1. The lowest BCUT2D eigenvalue weighted by molar-refractivity contribution is 0.194. The molecule has 0 unspecified atom stereocenters. The molecule has 0 saturated heterocycles. The van der Waals surface area contributed by atoms with Crippen LogP contribution in [0.1, 0.15) is 29.6 Å². The van der Waals surface area contributed by atoms with Gasteiger partial charge in [0.2, 0.25) is 11.8 Å². The Morgan fingerprint density at radius 3 is 2.56 bits per heavy atom. The SMILES string of the molecule is O=C(Nc1oncc1-c1ccccc1)N1CCn2c(c(O)n([C@H]3C[C@@H]3c3ccccc3)c2=O)C1. The molecule has 0 spiro atoms. The fourth-order valence-electron chi connectivity index (χ4n) is 4.79. The third kappa shape index (κ3) is 3.37. The highest BCUT2D eigenvalue weighted by molar-refractivity contribution is 5.92. The summed E-state index contributed by atoms with van der Waals surface area (Å²) in [5, 5.41) is 17.5. The van der Waals surface area contributed by atoms with Gasteiger partial charge >= 0.3 is 11.7 Å². The number of benzene rings is 2. The van der Waals surface area contributed by atoms with Crippen LogP contribution in [0.3, 0.4) is 0 Å². The summed E-state index contributed by atoms with van der Waals surface area (Å²) >= 11 is 0. The number of hydrogen-bond donors (Lipinski definition) is 2. The van der Waals surface area contributed by atoms with E-state index in [-0.39, 0.29) is 42.0 Å². The smallest absolute Gasteiger partial charge is 0.331 e. The molecule has 1 aliphatic heterocycles. The van der Waals surface area contributed by atoms with Crippen molar-refractivity contribution in [3.63, 3.8) is 0 Å². The molecule has 172 valence electrons. The lowest BCUT2D eigenvalue weighted by Gasteiger charge is -2.27. The molecular weight excluding hydrogens is 434 g/mol. The van der Waals surface area contributed by atoms with Crippen molar-refractivity contribution in [3.05, 3.63) is 88.6 Å². The Bertz CT molecular complexity index is 1410. The molecule has 2 aromatic heterocycles. The first-order valence-corrected chi connectivity index (χ1v) is 11.3. The van der Waals surface area contributed by atoms with Crippen molar-refractivity contribution in [3.8, 4) is 17.0 Å². The van der Waals surface area contributed by atoms with Gasteiger partial charge in [-0.2, -0.15) is 0 Å². The van der Waals surface area contributed by atoms with Crippen LogP contribution in [0.5, 0.6) is 5.88 Å². The monoisotopic (exact) mass is 457 g/mol. The summed E-state index contributed by atoms with van der Waals surface area (Å²) in [6, 6.07) is 19.1. The van der Waals surface area contributed by atoms with E-state index >= 15 is 0 Å². The number of amides is 2. The minimum Gasteiger partial charge on any atom is -0.493 e. The lowest BCUT2D eigenvalue weighted by Crippen LogP contribution is -2.42. The number of aromatic nitrogens is 3. The molecular formula is C25H23N5O4. The number of urea groups is 1. The van der Waals surface area contributed by atoms with E-state index in [1.807, 2.05) is 60.7 Å². The van der Waals surface area contributed by atoms with E-state index in [1.165, 1.54) is 4.57 Å². The Kier molecular flexibility index (Phi) is 4.75. The van der Waals surface area contributed by atoms with Crippen molar-refractivity contribution in [2.24, 2.45) is 0 Å². The van der Waals surface area contributed by atoms with Crippen LogP contribution in [0.4, 0.5) is 10.7 Å². The second-order valence-electron chi connectivity index (χ2n) is 8.68. The van der Waals surface area contributed by atoms with Crippen LogP contribution in [0.15, 0.2) is 76.2 Å². The zero-order chi connectivity index (χ0) is 23.2. The minimum atomic E-state index is -0.381. The molecule has 1 saturated carbocycles. The zero-order valence-corrected chi connectivity index (χ0v) is 18.3. The Morgan fingerprint density at radius 1 is 1.06 bits per heavy atom. The standard InChI is InChI=1S/C25H23N5O4/c31-23-21-15-28(24(32)27-22-19(14-26-34-22)17-9-5-2-6-10-17)11-12-29(21)25(33)30(23)20-13-18(20)16-7-3-1-4-8-16/h1-10,14,18,20,31H,11-13,15H2,(H,27,32)/t18-,20+/m1/s1. The van der Waals surface area contributed by atoms with E-state index < -0.39 is 0 Å². The third-order valence-corrected chi connectivity index (χ3v) is 6.66. The third-order valence-electron chi connectivity index (χ3n) is 6.66. The van der Waals surface area contributed by atoms with E-state index in [0.29, 0.717) is 24.3 Å². The summed E-state index contributed by atoms with van der Waals surface area (Å²) in [5.74, 6) is 0.400. The van der Waals surface area contributed by atoms with Gasteiger partial charge in [0.25, 0.3) is 0 Å². The molecule has 0 bridgehead atoms. The van der Waals surface area contributed by atoms with Gasteiger partial charge in [0.15, 0.2) is 0 Å². The van der Waals surface area contributed by atoms with Crippen LogP contribution in [-0.4, -0.2) is 36.9 Å². The van der Waals surface area contributed by atoms with Crippen molar-refractivity contribution in [1.29, 1.82) is 0 Å². The van der Waals surface area contributed by atoms with Crippen molar-refractivity contribution in [2.75, 3.05) is 11.9 Å². The molecule has 2 aromatic carbocycles. The van der Waals surface area contributed by atoms with Gasteiger partial charge in [-0.1, -0.05) is 65.8 Å². The normalized spacial score (nSPS) is 19.0. The summed E-state index contributed by atoms with van der Waals surface area (Å²) in [6.45, 7) is 0.772. The molecule has 1 aliphatic carbocycles. The van der Waals surface area contributed by atoms with E-state index in [4.69, 9.17) is 4.52 Å². The molecule has 4 aromatic rings. The molecule has 9 nitrogen and oxygen atoms in total. The number of carbonyl (C=O) groups excluding carboxylic acids is 1. The van der Waals surface area contributed by atoms with Crippen LogP contribution in [-0.2, 0) is 13.1 Å². The second-order valence-corrected chi connectivity index (χ2v) is 8.68. The molecule has 9 heteroatoms. The number of rotatable bonds is 4. The summed E-state index contributed by atoms with van der Waals surface area (Å²) in [6.07, 6.45) is 2.36. The number of aromatic hydroxyl groups is 1. The van der Waals surface area contributed by atoms with Crippen molar-refractivity contribution in [2.45, 2.75) is 31.5 Å². The van der Waals surface area contributed by atoms with E-state index in [2.05, 4.69) is 10.5 Å². The average molecular weight is 457 g/mol. The van der Waals surface area contributed by atoms with Crippen molar-refractivity contribution >= 4 is 11.9 Å². The predicted octanol–water partition coefficient (Wildman–Crippen LogP) is 3.79. The molecule has 1 fully saturated rings. The Balaban J connectivity index is 1.21. The van der Waals surface area contributed by atoms with Crippen LogP contribution in [0.2, 0.25) is 0 Å². The van der Waals surface area contributed by atoms with E-state index in [9.17, 15) is 14.7 Å². The second kappa shape index (κ2) is 7.95. The largest absolute Gasteiger partial charge is 0.493 e. The first-order chi connectivity index (χ1) is 16.6. The topological polar surface area (TPSA) is 106 Å². The molecule has 2 atom stereocenters. The Hall–Kier alpha value is -4.27. The number of imidazole rings is 1. The van der Waals surface area contributed by atoms with Crippen LogP contribution in [0.25, 0.3) is 11.1 Å². The molecule has 2 aliphatic rings. The van der Waals surface area contributed by atoms with Crippen molar-refractivity contribution < 1.29 is 14.4 Å². The average Bonchev–Trinajstić information content (AvgIpc) is 3.45. The molecule has 3 heterocycles. The fraction of sp³-hybridized carbons (Fsp3) is 0.240. The highest BCUT2D eigenvalue weighted by Gasteiger charge is 2.44. The number of nitrogens with zero attached hydrogens (tertiary/aromatic N) is 4. The summed E-state index contributed by atoms with van der Waals surface area (Å²) in [5.41, 5.74) is 2.94. The highest BCUT2D eigenvalue weighted by atomic mass is 16.5. The Labute approximate surface area is 194 Å². The summed E-state index contributed by atoms with van der Waals surface area (Å²) < 4.78 is 8.33. The number of anilines is 1. The lowest BCUT2D eigenvalue weighted by atomic mass is 10.1. The van der Waals surface area contributed by atoms with Crippen LogP contribution in [0, 0.1) is 0 Å². The fourth-order valence-corrected chi connectivity index (χ4v) is 4.79. The van der Waals surface area contributed by atoms with Gasteiger partial charge in [-0.25, -0.2) is 9.59 Å². The van der Waals surface area contributed by atoms with Gasteiger partial charge in [-0.05, 0) is 17.5 Å². The molecule has 34 heavy (non-hydrogen) atoms. The van der Waals surface area contributed by atoms with Gasteiger partial charge in [-0.3, -0.25) is 14.5 Å². The van der Waals surface area contributed by atoms with Gasteiger partial charge in [0.1, 0.15) is 5.69 Å². The van der Waals surface area contributed by atoms with Gasteiger partial charge < -0.3 is 14.5 Å². The Morgan fingerprint density at radius 2 is 1.79 bits per heavy atom. The molecule has 2 N–H and O–H groups in total. The van der Waals surface area contributed by atoms with E-state index in [0.717, 1.165) is 17.5 Å². The van der Waals surface area contributed by atoms with Gasteiger partial charge in [0.05, 0.1) is 18.3 Å². The van der Waals surface area contributed by atoms with Crippen molar-refractivity contribution in [1.82, 2.24) is 19.2 Å². The van der Waals surface area contributed by atoms with Crippen LogP contribution >= 0.6 is 0 Å². The van der Waals surface area contributed by atoms with E-state index in [1.54, 1.807) is 15.7 Å². The maximum atomic E-state index is 13.1. The van der Waals surface area contributed by atoms with Crippen LogP contribution < -0.4 is 11.0 Å². The highest BCUT2D eigenvalue weighted by Crippen LogP contribution is 2.52. The molecule has 0 radical (unpaired) electrons. The zero-order valence-electron chi connectivity index (χ0n) is 18.3. The first-order valence-electron chi connectivity index (χ1n) is 11.3. The predicted molar refractivity (Wildman–Crippen MR) is 125 cm³/mol. The summed E-state index contributed by atoms with van der Waals surface area (Å²) in [7, 11) is 0. The number of hydrogen-bond acceptors (Lipinski definition) is 5. The number of carbonyl (C=O) groups is 1. The number of fused-ring (bicyclic) bond motifs is 1.